The molecule has 0 radical (unpaired) electrons. The molecular formula is C20H24FN3O2. The molecule has 0 saturated carbocycles. The number of carbonyl (C=O) groups is 1. The Morgan fingerprint density at radius 2 is 2.12 bits per heavy atom. The smallest absolute Gasteiger partial charge is 0.253 e. The van der Waals surface area contributed by atoms with Crippen LogP contribution in [-0.4, -0.2) is 54.7 Å². The van der Waals surface area contributed by atoms with Gasteiger partial charge in [0.2, 0.25) is 0 Å². The molecule has 1 unspecified atom stereocenters. The number of hydrogen-bond acceptors (Lipinski definition) is 4. The maximum atomic E-state index is 13.4. The lowest BCUT2D eigenvalue weighted by Crippen LogP contribution is -2.45. The summed E-state index contributed by atoms with van der Waals surface area (Å²) in [4.78, 5) is 19.3. The van der Waals surface area contributed by atoms with Crippen LogP contribution >= 0.6 is 0 Å². The number of amides is 1. The first-order valence-corrected chi connectivity index (χ1v) is 9.33. The molecule has 0 aliphatic carbocycles. The van der Waals surface area contributed by atoms with Crippen molar-refractivity contribution in [2.24, 2.45) is 5.92 Å². The Hall–Kier alpha value is -2.05. The number of rotatable bonds is 4. The number of fused-ring (bicyclic) bond motifs is 1. The van der Waals surface area contributed by atoms with Crippen molar-refractivity contribution in [2.45, 2.75) is 25.3 Å². The minimum Gasteiger partial charge on any atom is -0.381 e. The summed E-state index contributed by atoms with van der Waals surface area (Å²) in [7, 11) is 0. The van der Waals surface area contributed by atoms with Crippen LogP contribution in [0.1, 0.15) is 29.6 Å². The highest BCUT2D eigenvalue weighted by atomic mass is 19.1. The van der Waals surface area contributed by atoms with E-state index in [4.69, 9.17) is 4.74 Å². The summed E-state index contributed by atoms with van der Waals surface area (Å²) in [5, 5.41) is 3.75. The summed E-state index contributed by atoms with van der Waals surface area (Å²) in [5.41, 5.74) is 1.17. The molecule has 1 N–H and O–H groups in total. The van der Waals surface area contributed by atoms with Gasteiger partial charge in [-0.1, -0.05) is 0 Å². The molecule has 0 bridgehead atoms. The summed E-state index contributed by atoms with van der Waals surface area (Å²) in [6.07, 6.45) is 4.63. The van der Waals surface area contributed by atoms with E-state index in [-0.39, 0.29) is 17.8 Å². The first-order valence-electron chi connectivity index (χ1n) is 9.33. The first kappa shape index (κ1) is 17.4. The number of aromatic nitrogens is 1. The molecule has 2 aliphatic rings. The van der Waals surface area contributed by atoms with E-state index < -0.39 is 0 Å². The molecule has 138 valence electrons. The van der Waals surface area contributed by atoms with Crippen LogP contribution in [-0.2, 0) is 4.74 Å². The summed E-state index contributed by atoms with van der Waals surface area (Å²) < 4.78 is 18.8. The van der Waals surface area contributed by atoms with Gasteiger partial charge in [0.15, 0.2) is 0 Å². The van der Waals surface area contributed by atoms with Gasteiger partial charge < -0.3 is 15.0 Å². The topological polar surface area (TPSA) is 54.5 Å². The SMILES string of the molecule is O=C(NC1CCN(CC2CCOC2)CC1)c1cnc2ccc(F)cc2c1. The predicted octanol–water partition coefficient (Wildman–Crippen LogP) is 2.60. The highest BCUT2D eigenvalue weighted by Crippen LogP contribution is 2.19. The molecule has 1 atom stereocenters. The Labute approximate surface area is 152 Å². The van der Waals surface area contributed by atoms with Gasteiger partial charge in [0, 0.05) is 43.9 Å². The van der Waals surface area contributed by atoms with E-state index in [1.807, 2.05) is 0 Å². The summed E-state index contributed by atoms with van der Waals surface area (Å²) in [6, 6.07) is 6.29. The van der Waals surface area contributed by atoms with Crippen LogP contribution in [0.5, 0.6) is 0 Å². The fourth-order valence-electron chi connectivity index (χ4n) is 3.85. The number of benzene rings is 1. The van der Waals surface area contributed by atoms with Gasteiger partial charge in [-0.15, -0.1) is 0 Å². The average molecular weight is 357 g/mol. The average Bonchev–Trinajstić information content (AvgIpc) is 3.15. The lowest BCUT2D eigenvalue weighted by Gasteiger charge is -2.33. The van der Waals surface area contributed by atoms with Crippen LogP contribution in [0.25, 0.3) is 10.9 Å². The highest BCUT2D eigenvalue weighted by Gasteiger charge is 2.24. The maximum Gasteiger partial charge on any atom is 0.253 e. The lowest BCUT2D eigenvalue weighted by molar-refractivity contribution is 0.0903. The van der Waals surface area contributed by atoms with Crippen LogP contribution in [0, 0.1) is 11.7 Å². The molecule has 3 heterocycles. The van der Waals surface area contributed by atoms with Crippen LogP contribution in [0.4, 0.5) is 4.39 Å². The minimum absolute atomic E-state index is 0.133. The number of likely N-dealkylation sites (tertiary alicyclic amines) is 1. The molecule has 2 aliphatic heterocycles. The zero-order valence-electron chi connectivity index (χ0n) is 14.8. The van der Waals surface area contributed by atoms with Crippen molar-refractivity contribution in [3.63, 3.8) is 0 Å². The molecule has 5 nitrogen and oxygen atoms in total. The first-order chi connectivity index (χ1) is 12.7. The fraction of sp³-hybridized carbons (Fsp3) is 0.500. The van der Waals surface area contributed by atoms with Crippen molar-refractivity contribution in [1.29, 1.82) is 0 Å². The number of carbonyl (C=O) groups excluding carboxylic acids is 1. The van der Waals surface area contributed by atoms with Crippen molar-refractivity contribution in [2.75, 3.05) is 32.8 Å². The quantitative estimate of drug-likeness (QED) is 0.914. The van der Waals surface area contributed by atoms with E-state index >= 15 is 0 Å². The second-order valence-electron chi connectivity index (χ2n) is 7.34. The molecule has 1 amide bonds. The van der Waals surface area contributed by atoms with E-state index in [9.17, 15) is 9.18 Å². The Balaban J connectivity index is 1.32. The number of pyridine rings is 1. The van der Waals surface area contributed by atoms with Crippen LogP contribution in [0.2, 0.25) is 0 Å². The van der Waals surface area contributed by atoms with Gasteiger partial charge in [-0.25, -0.2) is 4.39 Å². The number of halogens is 1. The Morgan fingerprint density at radius 1 is 1.27 bits per heavy atom. The fourth-order valence-corrected chi connectivity index (χ4v) is 3.85. The predicted molar refractivity (Wildman–Crippen MR) is 97.6 cm³/mol. The number of ether oxygens (including phenoxy) is 1. The van der Waals surface area contributed by atoms with Crippen LogP contribution in [0.3, 0.4) is 0 Å². The summed E-state index contributed by atoms with van der Waals surface area (Å²) >= 11 is 0. The van der Waals surface area contributed by atoms with Gasteiger partial charge >= 0.3 is 0 Å². The third kappa shape index (κ3) is 4.02. The summed E-state index contributed by atoms with van der Waals surface area (Å²) in [6.45, 7) is 4.87. The molecule has 1 aromatic heterocycles. The van der Waals surface area contributed by atoms with Crippen LogP contribution < -0.4 is 5.32 Å². The summed E-state index contributed by atoms with van der Waals surface area (Å²) in [5.74, 6) is 0.202. The van der Waals surface area contributed by atoms with Crippen molar-refractivity contribution >= 4 is 16.8 Å². The standard InChI is InChI=1S/C20H24FN3O2/c21-17-1-2-19-15(10-17)9-16(11-22-19)20(25)23-18-3-6-24(7-4-18)12-14-5-8-26-13-14/h1-2,9-11,14,18H,3-8,12-13H2,(H,23,25). The largest absolute Gasteiger partial charge is 0.381 e. The maximum absolute atomic E-state index is 13.4. The monoisotopic (exact) mass is 357 g/mol. The molecular weight excluding hydrogens is 333 g/mol. The van der Waals surface area contributed by atoms with Crippen LogP contribution in [0.15, 0.2) is 30.5 Å². The lowest BCUT2D eigenvalue weighted by atomic mass is 10.0. The minimum atomic E-state index is -0.322. The number of nitrogens with zero attached hydrogens (tertiary/aromatic N) is 2. The van der Waals surface area contributed by atoms with Gasteiger partial charge in [-0.3, -0.25) is 9.78 Å². The number of hydrogen-bond donors (Lipinski definition) is 1. The molecule has 26 heavy (non-hydrogen) atoms. The Bertz CT molecular complexity index is 784. The third-order valence-corrected chi connectivity index (χ3v) is 5.37. The second-order valence-corrected chi connectivity index (χ2v) is 7.34. The Kier molecular flexibility index (Phi) is 5.13. The normalized spacial score (nSPS) is 22.0. The molecule has 0 spiro atoms. The zero-order chi connectivity index (χ0) is 17.9. The van der Waals surface area contributed by atoms with Crippen molar-refractivity contribution in [3.8, 4) is 0 Å². The van der Waals surface area contributed by atoms with Gasteiger partial charge in [0.05, 0.1) is 17.7 Å². The number of nitrogens with one attached hydrogen (secondary N) is 1. The zero-order valence-corrected chi connectivity index (χ0v) is 14.8. The van der Waals surface area contributed by atoms with Gasteiger partial charge in [0.25, 0.3) is 5.91 Å². The molecule has 2 saturated heterocycles. The van der Waals surface area contributed by atoms with Gasteiger partial charge in [-0.05, 0) is 49.4 Å². The van der Waals surface area contributed by atoms with Crippen molar-refractivity contribution < 1.29 is 13.9 Å². The molecule has 6 heteroatoms. The van der Waals surface area contributed by atoms with Gasteiger partial charge in [0.1, 0.15) is 5.82 Å². The van der Waals surface area contributed by atoms with Crippen molar-refractivity contribution in [3.05, 3.63) is 41.8 Å². The van der Waals surface area contributed by atoms with E-state index in [0.717, 1.165) is 52.1 Å². The van der Waals surface area contributed by atoms with E-state index in [0.29, 0.717) is 22.4 Å². The van der Waals surface area contributed by atoms with Gasteiger partial charge in [-0.2, -0.15) is 0 Å². The van der Waals surface area contributed by atoms with E-state index in [1.54, 1.807) is 18.3 Å². The second kappa shape index (κ2) is 7.68. The molecule has 2 aromatic rings. The Morgan fingerprint density at radius 3 is 2.88 bits per heavy atom. The third-order valence-electron chi connectivity index (χ3n) is 5.37. The molecule has 4 rings (SSSR count). The molecule has 1 aromatic carbocycles. The molecule has 2 fully saturated rings. The van der Waals surface area contributed by atoms with E-state index in [1.165, 1.54) is 12.1 Å². The van der Waals surface area contributed by atoms with Crippen molar-refractivity contribution in [1.82, 2.24) is 15.2 Å². The highest BCUT2D eigenvalue weighted by molar-refractivity contribution is 5.97. The number of piperidine rings is 1. The van der Waals surface area contributed by atoms with E-state index in [2.05, 4.69) is 15.2 Å².